The number of hydrogen-bond acceptors (Lipinski definition) is 8. The van der Waals surface area contributed by atoms with Crippen LogP contribution in [0.1, 0.15) is 36.5 Å². The molecule has 3 aromatic rings. The molecule has 1 aromatic heterocycles. The number of fused-ring (bicyclic) bond motifs is 2. The van der Waals surface area contributed by atoms with Gasteiger partial charge in [0.25, 0.3) is 0 Å². The van der Waals surface area contributed by atoms with Crippen molar-refractivity contribution in [1.29, 1.82) is 0 Å². The monoisotopic (exact) mass is 423 g/mol. The summed E-state index contributed by atoms with van der Waals surface area (Å²) in [5.74, 6) is 6.35. The van der Waals surface area contributed by atoms with E-state index in [0.717, 1.165) is 11.1 Å². The third-order valence-electron chi connectivity index (χ3n) is 5.14. The van der Waals surface area contributed by atoms with Crippen molar-refractivity contribution < 1.29 is 9.53 Å². The Labute approximate surface area is 177 Å². The topological polar surface area (TPSA) is 141 Å². The first-order valence-electron chi connectivity index (χ1n) is 9.19. The van der Waals surface area contributed by atoms with Gasteiger partial charge in [0.05, 0.1) is 5.41 Å². The Morgan fingerprint density at radius 3 is 2.70 bits per heavy atom. The average molecular weight is 424 g/mol. The highest BCUT2D eigenvalue weighted by atomic mass is 32.1. The quantitative estimate of drug-likeness (QED) is 0.214. The van der Waals surface area contributed by atoms with Crippen molar-refractivity contribution in [3.63, 3.8) is 0 Å². The number of hydrazone groups is 1. The summed E-state index contributed by atoms with van der Waals surface area (Å²) in [7, 11) is 0. The Balaban J connectivity index is 1.79. The first kappa shape index (κ1) is 19.8. The van der Waals surface area contributed by atoms with E-state index in [4.69, 9.17) is 16.3 Å². The Kier molecular flexibility index (Phi) is 5.10. The number of nitrogens with two attached hydrogens (primary N) is 2. The Hall–Kier alpha value is -3.50. The number of hydrogen-bond donors (Lipinski definition) is 4. The van der Waals surface area contributed by atoms with Gasteiger partial charge < -0.3 is 15.8 Å². The molecule has 9 nitrogen and oxygen atoms in total. The van der Waals surface area contributed by atoms with E-state index in [0.29, 0.717) is 22.2 Å². The zero-order chi connectivity index (χ0) is 21.3. The van der Waals surface area contributed by atoms with Crippen molar-refractivity contribution in [1.82, 2.24) is 15.7 Å². The van der Waals surface area contributed by atoms with E-state index in [9.17, 15) is 4.79 Å². The first-order valence-corrected chi connectivity index (χ1v) is 10.1. The lowest BCUT2D eigenvalue weighted by molar-refractivity contribution is -0.124. The molecule has 1 atom stereocenters. The van der Waals surface area contributed by atoms with Gasteiger partial charge in [-0.3, -0.25) is 4.79 Å². The number of para-hydroxylation sites is 1. The van der Waals surface area contributed by atoms with Crippen LogP contribution in [0.4, 0.5) is 5.13 Å². The van der Waals surface area contributed by atoms with Gasteiger partial charge in [0, 0.05) is 22.6 Å². The number of amides is 1. The molecule has 1 aliphatic rings. The van der Waals surface area contributed by atoms with Crippen LogP contribution >= 0.6 is 11.3 Å². The maximum Gasteiger partial charge on any atom is 0.232 e. The highest BCUT2D eigenvalue weighted by molar-refractivity contribution is 7.13. The van der Waals surface area contributed by atoms with Gasteiger partial charge in [-0.1, -0.05) is 55.5 Å². The van der Waals surface area contributed by atoms with Crippen LogP contribution in [0.15, 0.2) is 53.1 Å². The lowest BCUT2D eigenvalue weighted by Crippen LogP contribution is -2.38. The van der Waals surface area contributed by atoms with Gasteiger partial charge in [-0.25, -0.2) is 11.4 Å². The van der Waals surface area contributed by atoms with Gasteiger partial charge in [0.15, 0.2) is 5.84 Å². The predicted octanol–water partition coefficient (Wildman–Crippen LogP) is 2.52. The molecule has 2 heterocycles. The number of benzene rings is 2. The van der Waals surface area contributed by atoms with Gasteiger partial charge >= 0.3 is 0 Å². The average Bonchev–Trinajstić information content (AvgIpc) is 3.24. The molecule has 0 radical (unpaired) electrons. The highest BCUT2D eigenvalue weighted by Crippen LogP contribution is 2.52. The molecule has 0 aliphatic carbocycles. The van der Waals surface area contributed by atoms with Crippen LogP contribution in [0.25, 0.3) is 0 Å². The summed E-state index contributed by atoms with van der Waals surface area (Å²) >= 11 is 1.27. The van der Waals surface area contributed by atoms with Crippen molar-refractivity contribution >= 4 is 28.2 Å². The SMILES string of the molecule is CC(C)(C(=O)Nc1nncs1)C1c2ccccc2Oc2cc(/C(N)=N/NN)ccc21. The first-order chi connectivity index (χ1) is 14.4. The number of anilines is 1. The second-order valence-electron chi connectivity index (χ2n) is 7.37. The van der Waals surface area contributed by atoms with Crippen molar-refractivity contribution in [3.05, 3.63) is 64.7 Å². The Morgan fingerprint density at radius 2 is 1.97 bits per heavy atom. The molecule has 4 rings (SSSR count). The maximum absolute atomic E-state index is 13.2. The molecule has 10 heteroatoms. The molecule has 1 aliphatic heterocycles. The molecular formula is C20H21N7O2S. The molecule has 154 valence electrons. The van der Waals surface area contributed by atoms with Crippen LogP contribution in [-0.4, -0.2) is 21.9 Å². The standard InChI is InChI=1S/C20H21N7O2S/c1-20(2,18(28)24-19-26-23-10-30-19)16-12-5-3-4-6-14(12)29-15-9-11(7-8-13(15)16)17(21)25-27-22/h3-10,16,27H,22H2,1-2H3,(H2,21,25)(H,24,26,28). The van der Waals surface area contributed by atoms with Crippen LogP contribution < -0.4 is 27.2 Å². The number of aromatic nitrogens is 2. The number of carbonyl (C=O) groups is 1. The predicted molar refractivity (Wildman–Crippen MR) is 115 cm³/mol. The third kappa shape index (κ3) is 3.46. The third-order valence-corrected chi connectivity index (χ3v) is 5.75. The fourth-order valence-electron chi connectivity index (χ4n) is 3.65. The van der Waals surface area contributed by atoms with Crippen LogP contribution in [0.2, 0.25) is 0 Å². The summed E-state index contributed by atoms with van der Waals surface area (Å²) in [5.41, 5.74) is 11.4. The van der Waals surface area contributed by atoms with Crippen LogP contribution in [0.3, 0.4) is 0 Å². The largest absolute Gasteiger partial charge is 0.457 e. The minimum atomic E-state index is -0.819. The van der Waals surface area contributed by atoms with Crippen molar-refractivity contribution in [2.75, 3.05) is 5.32 Å². The summed E-state index contributed by atoms with van der Waals surface area (Å²) in [6, 6.07) is 13.2. The van der Waals surface area contributed by atoms with E-state index in [2.05, 4.69) is 26.2 Å². The van der Waals surface area contributed by atoms with Crippen LogP contribution in [0, 0.1) is 5.41 Å². The number of ether oxygens (including phenoxy) is 1. The maximum atomic E-state index is 13.2. The van der Waals surface area contributed by atoms with E-state index in [1.54, 1.807) is 11.6 Å². The zero-order valence-electron chi connectivity index (χ0n) is 16.4. The second-order valence-corrected chi connectivity index (χ2v) is 8.20. The molecule has 0 fully saturated rings. The smallest absolute Gasteiger partial charge is 0.232 e. The highest BCUT2D eigenvalue weighted by Gasteiger charge is 2.43. The van der Waals surface area contributed by atoms with E-state index in [1.807, 2.05) is 50.2 Å². The molecule has 0 saturated carbocycles. The minimum absolute atomic E-state index is 0.163. The molecule has 30 heavy (non-hydrogen) atoms. The molecule has 2 aromatic carbocycles. The molecule has 0 bridgehead atoms. The molecule has 6 N–H and O–H groups in total. The fraction of sp³-hybridized carbons (Fsp3) is 0.200. The molecule has 0 spiro atoms. The number of nitrogens with zero attached hydrogens (tertiary/aromatic N) is 3. The molecular weight excluding hydrogens is 402 g/mol. The van der Waals surface area contributed by atoms with Gasteiger partial charge in [0.2, 0.25) is 11.0 Å². The van der Waals surface area contributed by atoms with E-state index in [1.165, 1.54) is 11.3 Å². The fourth-order valence-corrected chi connectivity index (χ4v) is 4.09. The number of nitrogens with one attached hydrogen (secondary N) is 2. The van der Waals surface area contributed by atoms with Crippen LogP contribution in [-0.2, 0) is 4.79 Å². The minimum Gasteiger partial charge on any atom is -0.457 e. The van der Waals surface area contributed by atoms with Crippen LogP contribution in [0.5, 0.6) is 11.5 Å². The van der Waals surface area contributed by atoms with Crippen molar-refractivity contribution in [2.45, 2.75) is 19.8 Å². The number of hydrazine groups is 1. The Morgan fingerprint density at radius 1 is 1.20 bits per heavy atom. The van der Waals surface area contributed by atoms with Gasteiger partial charge in [0.1, 0.15) is 17.0 Å². The summed E-state index contributed by atoms with van der Waals surface area (Å²) < 4.78 is 6.14. The summed E-state index contributed by atoms with van der Waals surface area (Å²) in [5, 5.41) is 14.8. The van der Waals surface area contributed by atoms with Gasteiger partial charge in [-0.05, 0) is 12.1 Å². The molecule has 1 amide bonds. The summed E-state index contributed by atoms with van der Waals surface area (Å²) in [6.45, 7) is 3.81. The van der Waals surface area contributed by atoms with Gasteiger partial charge in [-0.2, -0.15) is 0 Å². The van der Waals surface area contributed by atoms with E-state index >= 15 is 0 Å². The van der Waals surface area contributed by atoms with Crippen molar-refractivity contribution in [3.8, 4) is 11.5 Å². The van der Waals surface area contributed by atoms with Gasteiger partial charge in [-0.15, -0.1) is 15.3 Å². The summed E-state index contributed by atoms with van der Waals surface area (Å²) in [4.78, 5) is 13.2. The summed E-state index contributed by atoms with van der Waals surface area (Å²) in [6.07, 6.45) is 0. The second kappa shape index (κ2) is 7.73. The molecule has 0 saturated heterocycles. The van der Waals surface area contributed by atoms with E-state index < -0.39 is 5.41 Å². The zero-order valence-corrected chi connectivity index (χ0v) is 17.2. The number of amidine groups is 1. The lowest BCUT2D eigenvalue weighted by Gasteiger charge is -2.38. The van der Waals surface area contributed by atoms with E-state index in [-0.39, 0.29) is 17.7 Å². The number of rotatable bonds is 5. The normalized spacial score (nSPS) is 15.6. The number of carbonyl (C=O) groups excluding carboxylic acids is 1. The molecule has 1 unspecified atom stereocenters. The Bertz CT molecular complexity index is 1110. The van der Waals surface area contributed by atoms with Crippen molar-refractivity contribution in [2.24, 2.45) is 22.1 Å². The lowest BCUT2D eigenvalue weighted by atomic mass is 9.69.